The number of ether oxygens (including phenoxy) is 2. The van der Waals surface area contributed by atoms with Crippen LogP contribution in [0.3, 0.4) is 0 Å². The molecule has 0 aliphatic heterocycles. The second-order valence-electron chi connectivity index (χ2n) is 4.99. The van der Waals surface area contributed by atoms with Crippen LogP contribution in [0.5, 0.6) is 0 Å². The van der Waals surface area contributed by atoms with E-state index in [1.54, 1.807) is 0 Å². The topological polar surface area (TPSA) is 64.6 Å². The van der Waals surface area contributed by atoms with Crippen molar-refractivity contribution in [1.29, 1.82) is 0 Å². The summed E-state index contributed by atoms with van der Waals surface area (Å²) in [6.45, 7) is 3.80. The lowest BCUT2D eigenvalue weighted by Crippen LogP contribution is -2.44. The lowest BCUT2D eigenvalue weighted by Gasteiger charge is -2.27. The quantitative estimate of drug-likeness (QED) is 0.753. The van der Waals surface area contributed by atoms with Gasteiger partial charge in [0.05, 0.1) is 19.8 Å². The first-order valence-corrected chi connectivity index (χ1v) is 6.49. The van der Waals surface area contributed by atoms with Crippen molar-refractivity contribution in [1.82, 2.24) is 5.32 Å². The average molecular weight is 257 g/mol. The number of rotatable bonds is 5. The number of carbonyl (C=O) groups excluding carboxylic acids is 2. The Bertz CT molecular complexity index is 285. The van der Waals surface area contributed by atoms with Gasteiger partial charge in [-0.3, -0.25) is 4.79 Å². The highest BCUT2D eigenvalue weighted by Crippen LogP contribution is 2.25. The van der Waals surface area contributed by atoms with E-state index in [1.165, 1.54) is 14.0 Å². The number of esters is 1. The Kier molecular flexibility index (Phi) is 6.12. The van der Waals surface area contributed by atoms with Gasteiger partial charge in [0.2, 0.25) is 5.91 Å². The van der Waals surface area contributed by atoms with Gasteiger partial charge in [-0.2, -0.15) is 0 Å². The minimum atomic E-state index is -0.702. The van der Waals surface area contributed by atoms with E-state index in [4.69, 9.17) is 4.74 Å². The molecule has 0 aromatic carbocycles. The Morgan fingerprint density at radius 3 is 2.39 bits per heavy atom. The van der Waals surface area contributed by atoms with Crippen LogP contribution in [0, 0.1) is 5.92 Å². The summed E-state index contributed by atoms with van der Waals surface area (Å²) >= 11 is 0. The molecule has 1 aliphatic carbocycles. The fourth-order valence-electron chi connectivity index (χ4n) is 2.18. The Labute approximate surface area is 108 Å². The minimum Gasteiger partial charge on any atom is -0.467 e. The summed E-state index contributed by atoms with van der Waals surface area (Å²) in [4.78, 5) is 22.4. The van der Waals surface area contributed by atoms with E-state index in [9.17, 15) is 9.59 Å². The average Bonchev–Trinajstić information content (AvgIpc) is 2.35. The van der Waals surface area contributed by atoms with Crippen molar-refractivity contribution in [3.8, 4) is 0 Å². The standard InChI is InChI=1S/C13H23NO4/c1-9-4-6-11(7-5-9)18-8-12(13(16)17-3)14-10(2)15/h9,11-12H,4-8H2,1-3H3,(H,14,15). The van der Waals surface area contributed by atoms with Gasteiger partial charge in [-0.05, 0) is 31.6 Å². The van der Waals surface area contributed by atoms with Crippen LogP contribution in [0.4, 0.5) is 0 Å². The van der Waals surface area contributed by atoms with E-state index in [2.05, 4.69) is 17.0 Å². The van der Waals surface area contributed by atoms with Gasteiger partial charge < -0.3 is 14.8 Å². The molecule has 1 fully saturated rings. The number of nitrogens with one attached hydrogen (secondary N) is 1. The van der Waals surface area contributed by atoms with Gasteiger partial charge in [-0.15, -0.1) is 0 Å². The molecule has 0 aromatic rings. The van der Waals surface area contributed by atoms with Gasteiger partial charge >= 0.3 is 5.97 Å². The van der Waals surface area contributed by atoms with E-state index in [-0.39, 0.29) is 18.6 Å². The molecule has 0 bridgehead atoms. The van der Waals surface area contributed by atoms with E-state index in [0.717, 1.165) is 31.6 Å². The summed E-state index contributed by atoms with van der Waals surface area (Å²) in [5, 5.41) is 2.54. The van der Waals surface area contributed by atoms with Gasteiger partial charge in [-0.1, -0.05) is 6.92 Å². The van der Waals surface area contributed by atoms with Crippen molar-refractivity contribution >= 4 is 11.9 Å². The maximum absolute atomic E-state index is 11.5. The third-order valence-electron chi connectivity index (χ3n) is 3.32. The molecule has 0 spiro atoms. The number of carbonyl (C=O) groups is 2. The molecule has 1 aliphatic rings. The van der Waals surface area contributed by atoms with Crippen LogP contribution in [0.2, 0.25) is 0 Å². The first-order valence-electron chi connectivity index (χ1n) is 6.49. The normalized spacial score (nSPS) is 25.3. The van der Waals surface area contributed by atoms with E-state index in [0.29, 0.717) is 0 Å². The zero-order valence-electron chi connectivity index (χ0n) is 11.4. The molecule has 0 aromatic heterocycles. The summed E-state index contributed by atoms with van der Waals surface area (Å²) in [6, 6.07) is -0.702. The molecular formula is C13H23NO4. The lowest BCUT2D eigenvalue weighted by atomic mass is 9.89. The Morgan fingerprint density at radius 1 is 1.28 bits per heavy atom. The maximum Gasteiger partial charge on any atom is 0.330 e. The van der Waals surface area contributed by atoms with Crippen LogP contribution in [0.1, 0.15) is 39.5 Å². The monoisotopic (exact) mass is 257 g/mol. The van der Waals surface area contributed by atoms with Gasteiger partial charge in [0.15, 0.2) is 6.04 Å². The third-order valence-corrected chi connectivity index (χ3v) is 3.32. The fraction of sp³-hybridized carbons (Fsp3) is 0.846. The summed E-state index contributed by atoms with van der Waals surface area (Å²) in [6.07, 6.45) is 4.56. The lowest BCUT2D eigenvalue weighted by molar-refractivity contribution is -0.147. The number of methoxy groups -OCH3 is 1. The zero-order valence-corrected chi connectivity index (χ0v) is 11.4. The van der Waals surface area contributed by atoms with E-state index >= 15 is 0 Å². The molecule has 18 heavy (non-hydrogen) atoms. The van der Waals surface area contributed by atoms with Crippen molar-refractivity contribution in [3.63, 3.8) is 0 Å². The van der Waals surface area contributed by atoms with Crippen molar-refractivity contribution < 1.29 is 19.1 Å². The second-order valence-corrected chi connectivity index (χ2v) is 4.99. The van der Waals surface area contributed by atoms with Gasteiger partial charge in [-0.25, -0.2) is 4.79 Å². The van der Waals surface area contributed by atoms with Crippen molar-refractivity contribution in [2.45, 2.75) is 51.7 Å². The first-order chi connectivity index (χ1) is 8.52. The maximum atomic E-state index is 11.5. The molecule has 5 heteroatoms. The molecule has 1 unspecified atom stereocenters. The molecule has 5 nitrogen and oxygen atoms in total. The van der Waals surface area contributed by atoms with Gasteiger partial charge in [0.25, 0.3) is 0 Å². The summed E-state index contributed by atoms with van der Waals surface area (Å²) in [5.74, 6) is 0.0391. The molecule has 104 valence electrons. The number of hydrogen-bond donors (Lipinski definition) is 1. The molecule has 1 N–H and O–H groups in total. The SMILES string of the molecule is COC(=O)C(COC1CCC(C)CC1)NC(C)=O. The predicted octanol–water partition coefficient (Wildman–Crippen LogP) is 1.26. The smallest absolute Gasteiger partial charge is 0.330 e. The van der Waals surface area contributed by atoms with E-state index in [1.807, 2.05) is 0 Å². The number of amides is 1. The van der Waals surface area contributed by atoms with Crippen LogP contribution >= 0.6 is 0 Å². The summed E-state index contributed by atoms with van der Waals surface area (Å²) in [5.41, 5.74) is 0. The first kappa shape index (κ1) is 15.0. The molecular weight excluding hydrogens is 234 g/mol. The van der Waals surface area contributed by atoms with Crippen molar-refractivity contribution in [2.24, 2.45) is 5.92 Å². The van der Waals surface area contributed by atoms with Crippen LogP contribution < -0.4 is 5.32 Å². The molecule has 0 saturated heterocycles. The Morgan fingerprint density at radius 2 is 1.89 bits per heavy atom. The minimum absolute atomic E-state index is 0.186. The fourth-order valence-corrected chi connectivity index (χ4v) is 2.18. The molecule has 0 heterocycles. The highest BCUT2D eigenvalue weighted by Gasteiger charge is 2.24. The highest BCUT2D eigenvalue weighted by molar-refractivity contribution is 5.83. The van der Waals surface area contributed by atoms with Crippen LogP contribution in [0.15, 0.2) is 0 Å². The Balaban J connectivity index is 2.36. The third kappa shape index (κ3) is 5.04. The van der Waals surface area contributed by atoms with Gasteiger partial charge in [0.1, 0.15) is 0 Å². The highest BCUT2D eigenvalue weighted by atomic mass is 16.5. The summed E-state index contributed by atoms with van der Waals surface area (Å²) in [7, 11) is 1.30. The Hall–Kier alpha value is -1.10. The van der Waals surface area contributed by atoms with Crippen LogP contribution in [0.25, 0.3) is 0 Å². The van der Waals surface area contributed by atoms with E-state index < -0.39 is 12.0 Å². The second kappa shape index (κ2) is 7.36. The molecule has 1 rings (SSSR count). The predicted molar refractivity (Wildman–Crippen MR) is 67.0 cm³/mol. The van der Waals surface area contributed by atoms with Crippen LogP contribution in [-0.2, 0) is 19.1 Å². The van der Waals surface area contributed by atoms with Gasteiger partial charge in [0, 0.05) is 6.92 Å². The van der Waals surface area contributed by atoms with Crippen LogP contribution in [-0.4, -0.2) is 37.7 Å². The molecule has 1 atom stereocenters. The van der Waals surface area contributed by atoms with Crippen molar-refractivity contribution in [3.05, 3.63) is 0 Å². The van der Waals surface area contributed by atoms with Crippen molar-refractivity contribution in [2.75, 3.05) is 13.7 Å². The molecule has 1 amide bonds. The summed E-state index contributed by atoms with van der Waals surface area (Å²) < 4.78 is 10.3. The molecule has 1 saturated carbocycles. The zero-order chi connectivity index (χ0) is 13.5. The molecule has 0 radical (unpaired) electrons. The number of hydrogen-bond acceptors (Lipinski definition) is 4. The largest absolute Gasteiger partial charge is 0.467 e.